The summed E-state index contributed by atoms with van der Waals surface area (Å²) in [6.45, 7) is 9.20. The molecule has 2 N–H and O–H groups in total. The number of ether oxygens (including phenoxy) is 1. The molecule has 2 aromatic heterocycles. The Kier molecular flexibility index (Phi) is 9.14. The number of carbonyl (C=O) groups excluding carboxylic acids is 1. The van der Waals surface area contributed by atoms with Crippen LogP contribution in [0.4, 0.5) is 0 Å². The van der Waals surface area contributed by atoms with Gasteiger partial charge in [-0.2, -0.15) is 5.10 Å². The number of fused-ring (bicyclic) bond motifs is 1. The van der Waals surface area contributed by atoms with Crippen molar-refractivity contribution < 1.29 is 9.53 Å². The molecule has 9 heteroatoms. The van der Waals surface area contributed by atoms with Gasteiger partial charge >= 0.3 is 0 Å². The minimum Gasteiger partial charge on any atom is -0.384 e. The van der Waals surface area contributed by atoms with Crippen LogP contribution in [-0.4, -0.2) is 54.0 Å². The normalized spacial score (nSPS) is 15.8. The first-order valence-corrected chi connectivity index (χ1v) is 9.28. The van der Waals surface area contributed by atoms with E-state index in [2.05, 4.69) is 34.6 Å². The summed E-state index contributed by atoms with van der Waals surface area (Å²) in [6.07, 6.45) is 3.77. The molecule has 0 saturated carbocycles. The van der Waals surface area contributed by atoms with Gasteiger partial charge in [0.2, 0.25) is 0 Å². The largest absolute Gasteiger partial charge is 0.384 e. The summed E-state index contributed by atoms with van der Waals surface area (Å²) in [4.78, 5) is 17.4. The molecular formula is C19H31Cl2N5O2. The van der Waals surface area contributed by atoms with Gasteiger partial charge in [0.05, 0.1) is 24.1 Å². The Hall–Kier alpha value is -1.41. The summed E-state index contributed by atoms with van der Waals surface area (Å²) in [5.74, 6) is -0.0804. The SMILES string of the molecule is COCC1(CNC(=O)c2cc3cnn(C(C)C)c3nc2C)CCNCC1.Cl.Cl. The van der Waals surface area contributed by atoms with E-state index in [1.807, 2.05) is 17.7 Å². The van der Waals surface area contributed by atoms with Gasteiger partial charge in [0.25, 0.3) is 5.91 Å². The lowest BCUT2D eigenvalue weighted by molar-refractivity contribution is 0.0511. The van der Waals surface area contributed by atoms with Crippen LogP contribution in [-0.2, 0) is 4.74 Å². The molecule has 7 nitrogen and oxygen atoms in total. The molecule has 0 atom stereocenters. The summed E-state index contributed by atoms with van der Waals surface area (Å²) in [7, 11) is 1.72. The Balaban J connectivity index is 0.00000196. The summed E-state index contributed by atoms with van der Waals surface area (Å²) in [6, 6.07) is 2.12. The molecule has 0 spiro atoms. The van der Waals surface area contributed by atoms with Gasteiger partial charge in [-0.3, -0.25) is 4.79 Å². The molecular weight excluding hydrogens is 401 g/mol. The van der Waals surface area contributed by atoms with Crippen LogP contribution in [0.3, 0.4) is 0 Å². The molecule has 1 saturated heterocycles. The number of piperidine rings is 1. The fraction of sp³-hybridized carbons (Fsp3) is 0.632. The van der Waals surface area contributed by atoms with Crippen LogP contribution >= 0.6 is 24.8 Å². The number of halogens is 2. The van der Waals surface area contributed by atoms with Crippen LogP contribution in [0, 0.1) is 12.3 Å². The van der Waals surface area contributed by atoms with Crippen molar-refractivity contribution in [2.75, 3.05) is 33.4 Å². The fourth-order valence-corrected chi connectivity index (χ4v) is 3.67. The van der Waals surface area contributed by atoms with Gasteiger partial charge in [0.1, 0.15) is 0 Å². The number of nitrogens with one attached hydrogen (secondary N) is 2. The zero-order chi connectivity index (χ0) is 18.7. The van der Waals surface area contributed by atoms with E-state index in [-0.39, 0.29) is 42.2 Å². The average Bonchev–Trinajstić information content (AvgIpc) is 3.03. The number of rotatable bonds is 6. The highest BCUT2D eigenvalue weighted by Crippen LogP contribution is 2.28. The molecule has 3 rings (SSSR count). The van der Waals surface area contributed by atoms with E-state index in [4.69, 9.17) is 4.74 Å². The lowest BCUT2D eigenvalue weighted by Gasteiger charge is -2.37. The van der Waals surface area contributed by atoms with E-state index < -0.39 is 0 Å². The predicted molar refractivity (Wildman–Crippen MR) is 116 cm³/mol. The Bertz CT molecular complexity index is 782. The Labute approximate surface area is 178 Å². The number of carbonyl (C=O) groups is 1. The van der Waals surface area contributed by atoms with E-state index in [0.717, 1.165) is 42.7 Å². The van der Waals surface area contributed by atoms with Crippen molar-refractivity contribution in [2.45, 2.75) is 39.7 Å². The third-order valence-electron chi connectivity index (χ3n) is 5.23. The molecule has 1 aliphatic rings. The van der Waals surface area contributed by atoms with Crippen molar-refractivity contribution in [3.05, 3.63) is 23.5 Å². The number of pyridine rings is 1. The van der Waals surface area contributed by atoms with Crippen LogP contribution in [0.25, 0.3) is 11.0 Å². The van der Waals surface area contributed by atoms with Crippen molar-refractivity contribution in [3.8, 4) is 0 Å². The van der Waals surface area contributed by atoms with E-state index >= 15 is 0 Å². The maximum Gasteiger partial charge on any atom is 0.253 e. The number of aromatic nitrogens is 3. The first-order valence-electron chi connectivity index (χ1n) is 9.28. The zero-order valence-corrected chi connectivity index (χ0v) is 18.6. The van der Waals surface area contributed by atoms with Crippen molar-refractivity contribution in [3.63, 3.8) is 0 Å². The van der Waals surface area contributed by atoms with E-state index in [1.54, 1.807) is 13.3 Å². The lowest BCUT2D eigenvalue weighted by Crippen LogP contribution is -2.47. The van der Waals surface area contributed by atoms with Gasteiger partial charge in [-0.25, -0.2) is 9.67 Å². The first-order chi connectivity index (χ1) is 12.5. The van der Waals surface area contributed by atoms with Gasteiger partial charge in [0.15, 0.2) is 5.65 Å². The van der Waals surface area contributed by atoms with Crippen molar-refractivity contribution >= 4 is 41.8 Å². The third kappa shape index (κ3) is 5.14. The molecule has 0 radical (unpaired) electrons. The zero-order valence-electron chi connectivity index (χ0n) is 16.9. The van der Waals surface area contributed by atoms with Crippen molar-refractivity contribution in [1.29, 1.82) is 0 Å². The number of aryl methyl sites for hydroxylation is 1. The Morgan fingerprint density at radius 3 is 2.64 bits per heavy atom. The summed E-state index contributed by atoms with van der Waals surface area (Å²) in [5.41, 5.74) is 2.16. The standard InChI is InChI=1S/C19H29N5O2.2ClH/c1-13(2)24-17-15(10-22-24)9-16(14(3)23-17)18(25)21-11-19(12-26-4)5-7-20-8-6-19;;/h9-10,13,20H,5-8,11-12H2,1-4H3,(H,21,25);2*1H. The molecule has 1 fully saturated rings. The van der Waals surface area contributed by atoms with Gasteiger partial charge in [0, 0.05) is 30.5 Å². The summed E-state index contributed by atoms with van der Waals surface area (Å²) >= 11 is 0. The molecule has 3 heterocycles. The molecule has 0 unspecified atom stereocenters. The van der Waals surface area contributed by atoms with E-state index in [9.17, 15) is 4.79 Å². The third-order valence-corrected chi connectivity index (χ3v) is 5.23. The number of hydrogen-bond acceptors (Lipinski definition) is 5. The second-order valence-corrected chi connectivity index (χ2v) is 7.58. The van der Waals surface area contributed by atoms with Crippen molar-refractivity contribution in [1.82, 2.24) is 25.4 Å². The van der Waals surface area contributed by atoms with Gasteiger partial charge in [-0.1, -0.05) is 0 Å². The van der Waals surface area contributed by atoms with Crippen LogP contribution in [0.1, 0.15) is 48.8 Å². The van der Waals surface area contributed by atoms with Gasteiger partial charge in [-0.15, -0.1) is 24.8 Å². The molecule has 158 valence electrons. The molecule has 0 aliphatic carbocycles. The minimum atomic E-state index is -0.0804. The maximum atomic E-state index is 12.8. The Morgan fingerprint density at radius 1 is 1.36 bits per heavy atom. The molecule has 2 aromatic rings. The number of methoxy groups -OCH3 is 1. The predicted octanol–water partition coefficient (Wildman–Crippen LogP) is 2.91. The molecule has 0 aromatic carbocycles. The summed E-state index contributed by atoms with van der Waals surface area (Å²) in [5, 5.41) is 11.8. The number of nitrogens with zero attached hydrogens (tertiary/aromatic N) is 3. The molecule has 0 bridgehead atoms. The maximum absolute atomic E-state index is 12.8. The minimum absolute atomic E-state index is 0. The van der Waals surface area contributed by atoms with Gasteiger partial charge in [-0.05, 0) is 52.8 Å². The second-order valence-electron chi connectivity index (χ2n) is 7.58. The van der Waals surface area contributed by atoms with Crippen LogP contribution < -0.4 is 10.6 Å². The molecule has 28 heavy (non-hydrogen) atoms. The lowest BCUT2D eigenvalue weighted by atomic mass is 9.79. The highest BCUT2D eigenvalue weighted by molar-refractivity contribution is 5.98. The van der Waals surface area contributed by atoms with Crippen LogP contribution in [0.2, 0.25) is 0 Å². The number of amides is 1. The fourth-order valence-electron chi connectivity index (χ4n) is 3.67. The number of hydrogen-bond donors (Lipinski definition) is 2. The molecule has 1 amide bonds. The highest BCUT2D eigenvalue weighted by atomic mass is 35.5. The quantitative estimate of drug-likeness (QED) is 0.734. The smallest absolute Gasteiger partial charge is 0.253 e. The Morgan fingerprint density at radius 2 is 2.04 bits per heavy atom. The van der Waals surface area contributed by atoms with Gasteiger partial charge < -0.3 is 15.4 Å². The highest BCUT2D eigenvalue weighted by Gasteiger charge is 2.32. The monoisotopic (exact) mass is 431 g/mol. The topological polar surface area (TPSA) is 81.1 Å². The summed E-state index contributed by atoms with van der Waals surface area (Å²) < 4.78 is 7.31. The first kappa shape index (κ1) is 24.6. The second kappa shape index (κ2) is 10.4. The van der Waals surface area contributed by atoms with E-state index in [0.29, 0.717) is 18.7 Å². The molecule has 1 aliphatic heterocycles. The average molecular weight is 432 g/mol. The van der Waals surface area contributed by atoms with Crippen LogP contribution in [0.15, 0.2) is 12.3 Å². The van der Waals surface area contributed by atoms with Crippen molar-refractivity contribution in [2.24, 2.45) is 5.41 Å². The van der Waals surface area contributed by atoms with E-state index in [1.165, 1.54) is 0 Å². The van der Waals surface area contributed by atoms with Crippen LogP contribution in [0.5, 0.6) is 0 Å².